The second kappa shape index (κ2) is 6.05. The molecule has 20 heavy (non-hydrogen) atoms. The van der Waals surface area contributed by atoms with Crippen molar-refractivity contribution in [2.24, 2.45) is 5.92 Å². The van der Waals surface area contributed by atoms with Crippen LogP contribution in [0.1, 0.15) is 18.9 Å². The number of nitrogens with zero attached hydrogens (tertiary/aromatic N) is 3. The Kier molecular flexibility index (Phi) is 4.19. The predicted molar refractivity (Wildman–Crippen MR) is 70.5 cm³/mol. The second-order valence-electron chi connectivity index (χ2n) is 4.12. The highest BCUT2D eigenvalue weighted by Crippen LogP contribution is 2.30. The summed E-state index contributed by atoms with van der Waals surface area (Å²) in [4.78, 5) is 29.1. The molecule has 0 N–H and O–H groups in total. The van der Waals surface area contributed by atoms with E-state index in [0.29, 0.717) is 24.2 Å². The fourth-order valence-corrected chi connectivity index (χ4v) is 1.96. The summed E-state index contributed by atoms with van der Waals surface area (Å²) in [5.74, 6) is -1.21. The van der Waals surface area contributed by atoms with E-state index in [9.17, 15) is 14.9 Å². The molecule has 1 aliphatic rings. The summed E-state index contributed by atoms with van der Waals surface area (Å²) < 4.78 is 5.03. The Hall–Kier alpha value is -2.57. The van der Waals surface area contributed by atoms with E-state index in [4.69, 9.17) is 4.74 Å². The number of carbonyl (C=O) groups is 1. The molecule has 0 aliphatic heterocycles. The van der Waals surface area contributed by atoms with Crippen LogP contribution in [0, 0.1) is 16.0 Å². The molecule has 7 heteroatoms. The summed E-state index contributed by atoms with van der Waals surface area (Å²) in [6.07, 6.45) is 8.70. The smallest absolute Gasteiger partial charge is 0.466 e. The van der Waals surface area contributed by atoms with Crippen LogP contribution in [0.4, 0.5) is 5.95 Å². The van der Waals surface area contributed by atoms with E-state index in [1.807, 2.05) is 12.2 Å². The predicted octanol–water partition coefficient (Wildman–Crippen LogP) is 1.91. The van der Waals surface area contributed by atoms with Crippen LogP contribution in [0.15, 0.2) is 30.6 Å². The maximum absolute atomic E-state index is 11.9. The number of esters is 1. The maximum atomic E-state index is 11.9. The van der Waals surface area contributed by atoms with Gasteiger partial charge in [-0.15, -0.1) is 0 Å². The van der Waals surface area contributed by atoms with Gasteiger partial charge in [0.15, 0.2) is 0 Å². The molecule has 0 bridgehead atoms. The first-order chi connectivity index (χ1) is 9.63. The van der Waals surface area contributed by atoms with E-state index in [1.54, 1.807) is 13.0 Å². The Bertz CT molecular complexity index is 578. The number of aromatic nitrogens is 2. The van der Waals surface area contributed by atoms with E-state index in [2.05, 4.69) is 9.97 Å². The van der Waals surface area contributed by atoms with Gasteiger partial charge in [-0.1, -0.05) is 28.2 Å². The molecule has 1 unspecified atom stereocenters. The first kappa shape index (κ1) is 13.9. The minimum absolute atomic E-state index is 0.309. The van der Waals surface area contributed by atoms with Gasteiger partial charge in [-0.2, -0.15) is 0 Å². The Balaban J connectivity index is 2.28. The highest BCUT2D eigenvalue weighted by molar-refractivity contribution is 5.89. The van der Waals surface area contributed by atoms with Gasteiger partial charge < -0.3 is 14.9 Å². The van der Waals surface area contributed by atoms with Crippen molar-refractivity contribution in [2.75, 3.05) is 6.61 Å². The van der Waals surface area contributed by atoms with Gasteiger partial charge in [-0.05, 0) is 23.8 Å². The van der Waals surface area contributed by atoms with E-state index in [0.717, 1.165) is 0 Å². The van der Waals surface area contributed by atoms with Gasteiger partial charge in [-0.25, -0.2) is 0 Å². The number of hydrogen-bond acceptors (Lipinski definition) is 6. The fraction of sp³-hybridized carbons (Fsp3) is 0.308. The SMILES string of the molecule is CCOC(=O)C1CC=CC=C1c1cnc([N+](=O)[O-])nc1. The molecule has 2 rings (SSSR count). The average molecular weight is 275 g/mol. The van der Waals surface area contributed by atoms with E-state index < -0.39 is 16.8 Å². The summed E-state index contributed by atoms with van der Waals surface area (Å²) in [7, 11) is 0. The minimum Gasteiger partial charge on any atom is -0.466 e. The van der Waals surface area contributed by atoms with E-state index in [1.165, 1.54) is 12.4 Å². The van der Waals surface area contributed by atoms with Crippen LogP contribution < -0.4 is 0 Å². The Morgan fingerprint density at radius 3 is 2.80 bits per heavy atom. The third kappa shape index (κ3) is 2.87. The lowest BCUT2D eigenvalue weighted by Crippen LogP contribution is -2.20. The molecule has 0 fully saturated rings. The van der Waals surface area contributed by atoms with Crippen molar-refractivity contribution >= 4 is 17.5 Å². The summed E-state index contributed by atoms with van der Waals surface area (Å²) in [5.41, 5.74) is 1.29. The molecule has 1 aromatic rings. The van der Waals surface area contributed by atoms with Crippen molar-refractivity contribution in [3.8, 4) is 0 Å². The molecule has 104 valence electrons. The molecule has 0 spiro atoms. The Labute approximate surface area is 115 Å². The van der Waals surface area contributed by atoms with Crippen LogP contribution in [0.3, 0.4) is 0 Å². The number of hydrogen-bond donors (Lipinski definition) is 0. The van der Waals surface area contributed by atoms with Gasteiger partial charge in [0.1, 0.15) is 12.4 Å². The highest BCUT2D eigenvalue weighted by atomic mass is 16.6. The van der Waals surface area contributed by atoms with Crippen LogP contribution in [-0.4, -0.2) is 27.5 Å². The van der Waals surface area contributed by atoms with Crippen molar-refractivity contribution in [3.63, 3.8) is 0 Å². The number of nitro groups is 1. The summed E-state index contributed by atoms with van der Waals surface area (Å²) >= 11 is 0. The molecule has 0 radical (unpaired) electrons. The zero-order valence-corrected chi connectivity index (χ0v) is 10.9. The van der Waals surface area contributed by atoms with Crippen molar-refractivity contribution in [1.29, 1.82) is 0 Å². The van der Waals surface area contributed by atoms with Crippen LogP contribution in [0.2, 0.25) is 0 Å². The minimum atomic E-state index is -0.665. The first-order valence-electron chi connectivity index (χ1n) is 6.13. The zero-order chi connectivity index (χ0) is 14.5. The third-order valence-electron chi connectivity index (χ3n) is 2.87. The zero-order valence-electron chi connectivity index (χ0n) is 10.9. The van der Waals surface area contributed by atoms with Crippen molar-refractivity contribution in [3.05, 3.63) is 46.3 Å². The molecule has 0 saturated carbocycles. The molecule has 1 heterocycles. The number of rotatable bonds is 4. The van der Waals surface area contributed by atoms with Crippen molar-refractivity contribution in [1.82, 2.24) is 9.97 Å². The molecule has 0 aromatic carbocycles. The van der Waals surface area contributed by atoms with Crippen LogP contribution in [-0.2, 0) is 9.53 Å². The van der Waals surface area contributed by atoms with E-state index >= 15 is 0 Å². The lowest BCUT2D eigenvalue weighted by molar-refractivity contribution is -0.394. The monoisotopic (exact) mass is 275 g/mol. The van der Waals surface area contributed by atoms with Crippen LogP contribution in [0.5, 0.6) is 0 Å². The average Bonchev–Trinajstić information content (AvgIpc) is 2.47. The van der Waals surface area contributed by atoms with Crippen molar-refractivity contribution < 1.29 is 14.5 Å². The third-order valence-corrected chi connectivity index (χ3v) is 2.87. The van der Waals surface area contributed by atoms with Gasteiger partial charge in [0.25, 0.3) is 0 Å². The molecule has 0 saturated heterocycles. The Morgan fingerprint density at radius 2 is 2.20 bits per heavy atom. The van der Waals surface area contributed by atoms with Crippen LogP contribution in [0.25, 0.3) is 5.57 Å². The number of allylic oxidation sites excluding steroid dienone is 3. The number of ether oxygens (including phenoxy) is 1. The van der Waals surface area contributed by atoms with Crippen LogP contribution >= 0.6 is 0 Å². The quantitative estimate of drug-likeness (QED) is 0.473. The molecular weight excluding hydrogens is 262 g/mol. The van der Waals surface area contributed by atoms with Gasteiger partial charge in [-0.3, -0.25) is 4.79 Å². The lowest BCUT2D eigenvalue weighted by Gasteiger charge is -2.18. The molecule has 1 aromatic heterocycles. The largest absolute Gasteiger partial charge is 0.468 e. The first-order valence-corrected chi connectivity index (χ1v) is 6.13. The second-order valence-corrected chi connectivity index (χ2v) is 4.12. The topological polar surface area (TPSA) is 95.2 Å². The Morgan fingerprint density at radius 1 is 1.50 bits per heavy atom. The lowest BCUT2D eigenvalue weighted by atomic mass is 9.88. The maximum Gasteiger partial charge on any atom is 0.468 e. The molecule has 1 aliphatic carbocycles. The number of carbonyl (C=O) groups excluding carboxylic acids is 1. The molecule has 7 nitrogen and oxygen atoms in total. The van der Waals surface area contributed by atoms with Gasteiger partial charge in [0.2, 0.25) is 0 Å². The standard InChI is InChI=1S/C13H13N3O4/c1-2-20-12(17)11-6-4-3-5-10(11)9-7-14-13(15-8-9)16(18)19/h3-5,7-8,11H,2,6H2,1H3. The fourth-order valence-electron chi connectivity index (χ4n) is 1.96. The van der Waals surface area contributed by atoms with Gasteiger partial charge >= 0.3 is 11.9 Å². The van der Waals surface area contributed by atoms with E-state index in [-0.39, 0.29) is 5.97 Å². The van der Waals surface area contributed by atoms with Crippen molar-refractivity contribution in [2.45, 2.75) is 13.3 Å². The summed E-state index contributed by atoms with van der Waals surface area (Å²) in [6.45, 7) is 2.05. The van der Waals surface area contributed by atoms with Gasteiger partial charge in [0.05, 0.1) is 12.5 Å². The van der Waals surface area contributed by atoms with Gasteiger partial charge in [0, 0.05) is 5.56 Å². The molecular formula is C13H13N3O4. The molecule has 1 atom stereocenters. The normalized spacial score (nSPS) is 17.4. The highest BCUT2D eigenvalue weighted by Gasteiger charge is 2.27. The molecule has 0 amide bonds. The summed E-state index contributed by atoms with van der Waals surface area (Å²) in [6, 6.07) is 0. The summed E-state index contributed by atoms with van der Waals surface area (Å²) in [5, 5.41) is 10.5.